The van der Waals surface area contributed by atoms with Gasteiger partial charge in [-0.25, -0.2) is 0 Å². The van der Waals surface area contributed by atoms with Crippen molar-refractivity contribution in [3.63, 3.8) is 0 Å². The Hall–Kier alpha value is -1.86. The second-order valence-corrected chi connectivity index (χ2v) is 4.11. The molecule has 0 saturated heterocycles. The fourth-order valence-corrected chi connectivity index (χ4v) is 1.79. The minimum Gasteiger partial charge on any atom is -0.384 e. The molecule has 1 nitrogen and oxygen atoms in total. The third kappa shape index (κ3) is 3.05. The van der Waals surface area contributed by atoms with Crippen molar-refractivity contribution < 1.29 is 5.11 Å². The maximum atomic E-state index is 10.2. The molecule has 86 valence electrons. The van der Waals surface area contributed by atoms with Gasteiger partial charge in [0.1, 0.15) is 6.10 Å². The van der Waals surface area contributed by atoms with Crippen LogP contribution in [0.3, 0.4) is 0 Å². The Labute approximate surface area is 102 Å². The first-order valence-corrected chi connectivity index (χ1v) is 5.73. The smallest absolute Gasteiger partial charge is 0.100 e. The van der Waals surface area contributed by atoms with Crippen molar-refractivity contribution >= 4 is 6.08 Å². The number of rotatable bonds is 3. The van der Waals surface area contributed by atoms with Crippen LogP contribution in [0.2, 0.25) is 0 Å². The standard InChI is InChI=1S/C16H16O/c1-13(12-14-8-4-2-5-9-14)16(17)15-10-6-3-7-11-15/h2-12,16-17H,1H3/b13-12+. The highest BCUT2D eigenvalue weighted by Gasteiger charge is 2.08. The molecule has 1 heteroatoms. The largest absolute Gasteiger partial charge is 0.384 e. The number of benzene rings is 2. The van der Waals surface area contributed by atoms with Gasteiger partial charge in [-0.2, -0.15) is 0 Å². The third-order valence-electron chi connectivity index (χ3n) is 2.74. The Morgan fingerprint density at radius 3 is 2.06 bits per heavy atom. The van der Waals surface area contributed by atoms with E-state index < -0.39 is 6.10 Å². The normalized spacial score (nSPS) is 13.4. The van der Waals surface area contributed by atoms with Gasteiger partial charge in [0.2, 0.25) is 0 Å². The number of aliphatic hydroxyl groups is 1. The Morgan fingerprint density at radius 2 is 1.47 bits per heavy atom. The number of aliphatic hydroxyl groups excluding tert-OH is 1. The molecule has 0 saturated carbocycles. The molecule has 2 aromatic carbocycles. The first-order valence-electron chi connectivity index (χ1n) is 5.73. The van der Waals surface area contributed by atoms with Crippen molar-refractivity contribution in [2.45, 2.75) is 13.0 Å². The molecule has 0 aromatic heterocycles. The molecule has 1 atom stereocenters. The Kier molecular flexibility index (Phi) is 3.73. The molecule has 0 aliphatic heterocycles. The van der Waals surface area contributed by atoms with E-state index in [1.807, 2.05) is 73.7 Å². The average Bonchev–Trinajstić information content (AvgIpc) is 2.40. The average molecular weight is 224 g/mol. The topological polar surface area (TPSA) is 20.2 Å². The zero-order chi connectivity index (χ0) is 12.1. The molecular weight excluding hydrogens is 208 g/mol. The van der Waals surface area contributed by atoms with Crippen molar-refractivity contribution in [2.75, 3.05) is 0 Å². The van der Waals surface area contributed by atoms with Crippen LogP contribution in [0.15, 0.2) is 66.2 Å². The van der Waals surface area contributed by atoms with Gasteiger partial charge in [-0.1, -0.05) is 66.7 Å². The summed E-state index contributed by atoms with van der Waals surface area (Å²) in [4.78, 5) is 0. The highest BCUT2D eigenvalue weighted by atomic mass is 16.3. The summed E-state index contributed by atoms with van der Waals surface area (Å²) < 4.78 is 0. The number of hydrogen-bond donors (Lipinski definition) is 1. The predicted molar refractivity (Wildman–Crippen MR) is 71.5 cm³/mol. The van der Waals surface area contributed by atoms with Gasteiger partial charge in [-0.3, -0.25) is 0 Å². The Morgan fingerprint density at radius 1 is 0.941 bits per heavy atom. The summed E-state index contributed by atoms with van der Waals surface area (Å²) >= 11 is 0. The zero-order valence-electron chi connectivity index (χ0n) is 9.88. The molecule has 0 aliphatic carbocycles. The van der Waals surface area contributed by atoms with Gasteiger partial charge in [0.25, 0.3) is 0 Å². The minimum atomic E-state index is -0.531. The minimum absolute atomic E-state index is 0.531. The van der Waals surface area contributed by atoms with Gasteiger partial charge < -0.3 is 5.11 Å². The lowest BCUT2D eigenvalue weighted by Crippen LogP contribution is -1.98. The molecule has 0 amide bonds. The maximum absolute atomic E-state index is 10.2. The van der Waals surface area contributed by atoms with Crippen LogP contribution in [-0.4, -0.2) is 5.11 Å². The van der Waals surface area contributed by atoms with Crippen LogP contribution in [0, 0.1) is 0 Å². The van der Waals surface area contributed by atoms with Crippen molar-refractivity contribution in [3.8, 4) is 0 Å². The SMILES string of the molecule is C/C(=C\c1ccccc1)C(O)c1ccccc1. The van der Waals surface area contributed by atoms with Crippen LogP contribution in [0.1, 0.15) is 24.2 Å². The van der Waals surface area contributed by atoms with Crippen molar-refractivity contribution in [1.82, 2.24) is 0 Å². The van der Waals surface area contributed by atoms with E-state index in [1.54, 1.807) is 0 Å². The molecule has 0 spiro atoms. The van der Waals surface area contributed by atoms with E-state index in [0.29, 0.717) is 0 Å². The molecule has 0 fully saturated rings. The Balaban J connectivity index is 2.21. The summed E-state index contributed by atoms with van der Waals surface area (Å²) in [6, 6.07) is 19.7. The van der Waals surface area contributed by atoms with E-state index in [0.717, 1.165) is 16.7 Å². The van der Waals surface area contributed by atoms with Gasteiger partial charge in [-0.15, -0.1) is 0 Å². The van der Waals surface area contributed by atoms with E-state index in [9.17, 15) is 5.11 Å². The van der Waals surface area contributed by atoms with E-state index >= 15 is 0 Å². The summed E-state index contributed by atoms with van der Waals surface area (Å²) in [5.41, 5.74) is 2.99. The molecule has 2 rings (SSSR count). The highest BCUT2D eigenvalue weighted by molar-refractivity contribution is 5.53. The van der Waals surface area contributed by atoms with Gasteiger partial charge in [0, 0.05) is 0 Å². The van der Waals surface area contributed by atoms with Gasteiger partial charge in [0.05, 0.1) is 0 Å². The second-order valence-electron chi connectivity index (χ2n) is 4.11. The highest BCUT2D eigenvalue weighted by Crippen LogP contribution is 2.22. The van der Waals surface area contributed by atoms with Crippen molar-refractivity contribution in [3.05, 3.63) is 77.4 Å². The molecule has 0 bridgehead atoms. The first kappa shape index (κ1) is 11.6. The summed E-state index contributed by atoms with van der Waals surface area (Å²) in [7, 11) is 0. The molecule has 17 heavy (non-hydrogen) atoms. The molecule has 0 radical (unpaired) electrons. The van der Waals surface area contributed by atoms with Gasteiger partial charge in [0.15, 0.2) is 0 Å². The van der Waals surface area contributed by atoms with Crippen LogP contribution in [0.25, 0.3) is 6.08 Å². The monoisotopic (exact) mass is 224 g/mol. The van der Waals surface area contributed by atoms with Crippen LogP contribution < -0.4 is 0 Å². The van der Waals surface area contributed by atoms with Crippen LogP contribution in [0.5, 0.6) is 0 Å². The summed E-state index contributed by atoms with van der Waals surface area (Å²) in [5, 5.41) is 10.2. The predicted octanol–water partition coefficient (Wildman–Crippen LogP) is 3.82. The fourth-order valence-electron chi connectivity index (χ4n) is 1.79. The van der Waals surface area contributed by atoms with E-state index in [-0.39, 0.29) is 0 Å². The fraction of sp³-hybridized carbons (Fsp3) is 0.125. The second kappa shape index (κ2) is 5.46. The Bertz CT molecular complexity index is 485. The van der Waals surface area contributed by atoms with E-state index in [1.165, 1.54) is 0 Å². The maximum Gasteiger partial charge on any atom is 0.100 e. The lowest BCUT2D eigenvalue weighted by molar-refractivity contribution is 0.217. The third-order valence-corrected chi connectivity index (χ3v) is 2.74. The molecule has 1 unspecified atom stereocenters. The zero-order valence-corrected chi connectivity index (χ0v) is 9.88. The van der Waals surface area contributed by atoms with E-state index in [4.69, 9.17) is 0 Å². The lowest BCUT2D eigenvalue weighted by Gasteiger charge is -2.11. The van der Waals surface area contributed by atoms with Crippen molar-refractivity contribution in [1.29, 1.82) is 0 Å². The number of hydrogen-bond acceptors (Lipinski definition) is 1. The molecule has 0 heterocycles. The molecule has 2 aromatic rings. The van der Waals surface area contributed by atoms with Crippen LogP contribution >= 0.6 is 0 Å². The van der Waals surface area contributed by atoms with Crippen LogP contribution in [0.4, 0.5) is 0 Å². The van der Waals surface area contributed by atoms with Gasteiger partial charge >= 0.3 is 0 Å². The van der Waals surface area contributed by atoms with E-state index in [2.05, 4.69) is 0 Å². The lowest BCUT2D eigenvalue weighted by atomic mass is 10.0. The first-order chi connectivity index (χ1) is 8.27. The summed E-state index contributed by atoms with van der Waals surface area (Å²) in [6.07, 6.45) is 1.48. The van der Waals surface area contributed by atoms with Crippen LogP contribution in [-0.2, 0) is 0 Å². The van der Waals surface area contributed by atoms with Gasteiger partial charge in [-0.05, 0) is 23.6 Å². The quantitative estimate of drug-likeness (QED) is 0.840. The molecule has 1 N–H and O–H groups in total. The summed E-state index contributed by atoms with van der Waals surface area (Å²) in [6.45, 7) is 1.95. The molecule has 0 aliphatic rings. The molecular formula is C16H16O. The summed E-state index contributed by atoms with van der Waals surface area (Å²) in [5.74, 6) is 0. The van der Waals surface area contributed by atoms with Crippen molar-refractivity contribution in [2.24, 2.45) is 0 Å².